The molecule has 5 heteroatoms. The van der Waals surface area contributed by atoms with Gasteiger partial charge in [0.1, 0.15) is 16.1 Å². The summed E-state index contributed by atoms with van der Waals surface area (Å²) >= 11 is 0. The Morgan fingerprint density at radius 2 is 1.82 bits per heavy atom. The van der Waals surface area contributed by atoms with E-state index in [2.05, 4.69) is 0 Å². The van der Waals surface area contributed by atoms with Gasteiger partial charge in [0.05, 0.1) is 5.75 Å². The summed E-state index contributed by atoms with van der Waals surface area (Å²) in [5.74, 6) is 0.165. The van der Waals surface area contributed by atoms with E-state index in [9.17, 15) is 13.2 Å². The highest BCUT2D eigenvalue weighted by molar-refractivity contribution is 7.90. The molecule has 0 N–H and O–H groups in total. The Morgan fingerprint density at radius 3 is 2.29 bits per heavy atom. The number of sulfone groups is 1. The third-order valence-electron chi connectivity index (χ3n) is 3.53. The quantitative estimate of drug-likeness (QED) is 0.672. The van der Waals surface area contributed by atoms with Gasteiger partial charge in [-0.3, -0.25) is 0 Å². The van der Waals surface area contributed by atoms with Crippen LogP contribution in [0.25, 0.3) is 0 Å². The standard InChI is InChI=1S/C12H23NO3S/c1-13(8-9-17(2,15)16)10-12(11-14)6-4-3-5-7-12/h11H,3-10H2,1-2H3. The second-order valence-corrected chi connectivity index (χ2v) is 7.67. The molecule has 0 atom stereocenters. The molecule has 0 saturated heterocycles. The Balaban J connectivity index is 2.47. The van der Waals surface area contributed by atoms with Gasteiger partial charge < -0.3 is 9.69 Å². The molecule has 0 bridgehead atoms. The Labute approximate surface area is 104 Å². The van der Waals surface area contributed by atoms with E-state index in [1.54, 1.807) is 0 Å². The SMILES string of the molecule is CN(CCS(C)(=O)=O)CC1(C=O)CCCCC1. The second kappa shape index (κ2) is 5.96. The molecule has 1 saturated carbocycles. The maximum atomic E-state index is 11.3. The average molecular weight is 261 g/mol. The van der Waals surface area contributed by atoms with E-state index in [1.807, 2.05) is 11.9 Å². The first kappa shape index (κ1) is 14.6. The second-order valence-electron chi connectivity index (χ2n) is 5.41. The lowest BCUT2D eigenvalue weighted by molar-refractivity contribution is -0.118. The van der Waals surface area contributed by atoms with Crippen LogP contribution >= 0.6 is 0 Å². The first-order valence-electron chi connectivity index (χ1n) is 6.19. The van der Waals surface area contributed by atoms with Gasteiger partial charge in [0, 0.05) is 24.8 Å². The van der Waals surface area contributed by atoms with Crippen molar-refractivity contribution in [2.24, 2.45) is 5.41 Å². The highest BCUT2D eigenvalue weighted by atomic mass is 32.2. The fourth-order valence-corrected chi connectivity index (χ4v) is 3.15. The van der Waals surface area contributed by atoms with Crippen molar-refractivity contribution >= 4 is 16.1 Å². The molecular formula is C12H23NO3S. The summed E-state index contributed by atoms with van der Waals surface area (Å²) in [7, 11) is -1.02. The Hall–Kier alpha value is -0.420. The smallest absolute Gasteiger partial charge is 0.148 e. The largest absolute Gasteiger partial charge is 0.304 e. The van der Waals surface area contributed by atoms with Crippen LogP contribution in [0.5, 0.6) is 0 Å². The summed E-state index contributed by atoms with van der Waals surface area (Å²) in [6.07, 6.45) is 7.65. The van der Waals surface area contributed by atoms with Gasteiger partial charge >= 0.3 is 0 Å². The van der Waals surface area contributed by atoms with Gasteiger partial charge in [0.2, 0.25) is 0 Å². The van der Waals surface area contributed by atoms with Crippen LogP contribution in [0.3, 0.4) is 0 Å². The molecule has 0 heterocycles. The number of carbonyl (C=O) groups is 1. The van der Waals surface area contributed by atoms with Crippen molar-refractivity contribution in [3.8, 4) is 0 Å². The molecule has 1 aliphatic rings. The molecule has 1 fully saturated rings. The van der Waals surface area contributed by atoms with Gasteiger partial charge in [-0.25, -0.2) is 8.42 Å². The third kappa shape index (κ3) is 5.17. The summed E-state index contributed by atoms with van der Waals surface area (Å²) in [5, 5.41) is 0. The fraction of sp³-hybridized carbons (Fsp3) is 0.917. The van der Waals surface area contributed by atoms with E-state index in [0.29, 0.717) is 13.1 Å². The maximum absolute atomic E-state index is 11.3. The predicted octanol–water partition coefficient (Wildman–Crippen LogP) is 1.11. The molecule has 0 aromatic carbocycles. The first-order chi connectivity index (χ1) is 7.87. The van der Waals surface area contributed by atoms with Crippen molar-refractivity contribution in [2.45, 2.75) is 32.1 Å². The summed E-state index contributed by atoms with van der Waals surface area (Å²) in [6.45, 7) is 1.19. The molecular weight excluding hydrogens is 238 g/mol. The lowest BCUT2D eigenvalue weighted by Gasteiger charge is -2.35. The normalized spacial score (nSPS) is 20.4. The van der Waals surface area contributed by atoms with Gasteiger partial charge in [-0.1, -0.05) is 19.3 Å². The number of rotatable bonds is 6. The zero-order chi connectivity index (χ0) is 12.9. The van der Waals surface area contributed by atoms with Gasteiger partial charge in [0.15, 0.2) is 0 Å². The summed E-state index contributed by atoms with van der Waals surface area (Å²) in [6, 6.07) is 0. The van der Waals surface area contributed by atoms with Crippen molar-refractivity contribution in [2.75, 3.05) is 32.1 Å². The topological polar surface area (TPSA) is 54.5 Å². The van der Waals surface area contributed by atoms with Gasteiger partial charge in [-0.05, 0) is 19.9 Å². The van der Waals surface area contributed by atoms with Crippen LogP contribution < -0.4 is 0 Å². The van der Waals surface area contributed by atoms with E-state index < -0.39 is 9.84 Å². The molecule has 100 valence electrons. The minimum atomic E-state index is -2.92. The number of hydrogen-bond donors (Lipinski definition) is 0. The van der Waals surface area contributed by atoms with Crippen molar-refractivity contribution in [1.29, 1.82) is 0 Å². The molecule has 0 amide bonds. The Morgan fingerprint density at radius 1 is 1.24 bits per heavy atom. The fourth-order valence-electron chi connectivity index (χ4n) is 2.51. The monoisotopic (exact) mass is 261 g/mol. The number of aldehydes is 1. The van der Waals surface area contributed by atoms with Crippen LogP contribution in [0.2, 0.25) is 0 Å². The van der Waals surface area contributed by atoms with Gasteiger partial charge in [0.25, 0.3) is 0 Å². The minimum Gasteiger partial charge on any atom is -0.304 e. The lowest BCUT2D eigenvalue weighted by Crippen LogP contribution is -2.40. The van der Waals surface area contributed by atoms with Crippen LogP contribution in [0.1, 0.15) is 32.1 Å². The van der Waals surface area contributed by atoms with Crippen molar-refractivity contribution in [3.63, 3.8) is 0 Å². The van der Waals surface area contributed by atoms with Crippen LogP contribution in [-0.2, 0) is 14.6 Å². The number of carbonyl (C=O) groups excluding carboxylic acids is 1. The van der Waals surface area contributed by atoms with Crippen LogP contribution in [0, 0.1) is 5.41 Å². The number of hydrogen-bond acceptors (Lipinski definition) is 4. The van der Waals surface area contributed by atoms with Crippen molar-refractivity contribution in [1.82, 2.24) is 4.90 Å². The number of nitrogens with zero attached hydrogens (tertiary/aromatic N) is 1. The molecule has 0 spiro atoms. The van der Waals surface area contributed by atoms with Crippen LogP contribution in [0.15, 0.2) is 0 Å². The average Bonchev–Trinajstić information content (AvgIpc) is 2.27. The van der Waals surface area contributed by atoms with E-state index >= 15 is 0 Å². The van der Waals surface area contributed by atoms with Gasteiger partial charge in [-0.2, -0.15) is 0 Å². The molecule has 0 aromatic rings. The molecule has 4 nitrogen and oxygen atoms in total. The van der Waals surface area contributed by atoms with Gasteiger partial charge in [-0.15, -0.1) is 0 Å². The van der Waals surface area contributed by atoms with E-state index in [1.165, 1.54) is 12.7 Å². The Kier molecular flexibility index (Phi) is 5.13. The Bertz CT molecular complexity index is 345. The molecule has 1 aliphatic carbocycles. The molecule has 0 aliphatic heterocycles. The lowest BCUT2D eigenvalue weighted by atomic mass is 9.75. The summed E-state index contributed by atoms with van der Waals surface area (Å²) < 4.78 is 22.2. The zero-order valence-corrected chi connectivity index (χ0v) is 11.6. The molecule has 0 radical (unpaired) electrons. The summed E-state index contributed by atoms with van der Waals surface area (Å²) in [5.41, 5.74) is -0.232. The van der Waals surface area contributed by atoms with Crippen LogP contribution in [-0.4, -0.2) is 51.7 Å². The molecule has 0 aromatic heterocycles. The highest BCUT2D eigenvalue weighted by Gasteiger charge is 2.32. The zero-order valence-electron chi connectivity index (χ0n) is 10.8. The predicted molar refractivity (Wildman–Crippen MR) is 68.8 cm³/mol. The highest BCUT2D eigenvalue weighted by Crippen LogP contribution is 2.34. The van der Waals surface area contributed by atoms with Crippen molar-refractivity contribution < 1.29 is 13.2 Å². The van der Waals surface area contributed by atoms with E-state index in [-0.39, 0.29) is 11.2 Å². The molecule has 17 heavy (non-hydrogen) atoms. The molecule has 1 rings (SSSR count). The minimum absolute atomic E-state index is 0.165. The maximum Gasteiger partial charge on any atom is 0.148 e. The summed E-state index contributed by atoms with van der Waals surface area (Å²) in [4.78, 5) is 13.2. The van der Waals surface area contributed by atoms with Crippen molar-refractivity contribution in [3.05, 3.63) is 0 Å². The van der Waals surface area contributed by atoms with E-state index in [4.69, 9.17) is 0 Å². The first-order valence-corrected chi connectivity index (χ1v) is 8.26. The van der Waals surface area contributed by atoms with Crippen LogP contribution in [0.4, 0.5) is 0 Å². The third-order valence-corrected chi connectivity index (χ3v) is 4.45. The molecule has 0 unspecified atom stereocenters. The van der Waals surface area contributed by atoms with E-state index in [0.717, 1.165) is 32.0 Å².